The summed E-state index contributed by atoms with van der Waals surface area (Å²) in [6.45, 7) is 0.783. The van der Waals surface area contributed by atoms with E-state index in [0.29, 0.717) is 5.69 Å². The third-order valence-electron chi connectivity index (χ3n) is 1.83. The van der Waals surface area contributed by atoms with Gasteiger partial charge in [0.2, 0.25) is 0 Å². The molecule has 0 fully saturated rings. The van der Waals surface area contributed by atoms with E-state index >= 15 is 0 Å². The maximum absolute atomic E-state index is 10.8. The molecular formula is C8H9N3O. The van der Waals surface area contributed by atoms with E-state index in [4.69, 9.17) is 5.73 Å². The number of carbonyl (C=O) groups is 1. The molecule has 0 atom stereocenters. The number of nitrogens with one attached hydrogen (secondary N) is 2. The highest BCUT2D eigenvalue weighted by Gasteiger charge is 2.03. The van der Waals surface area contributed by atoms with E-state index in [1.807, 2.05) is 12.3 Å². The molecule has 1 aliphatic heterocycles. The zero-order chi connectivity index (χ0) is 8.55. The quantitative estimate of drug-likeness (QED) is 0.459. The number of hydrogen-bond acceptors (Lipinski definition) is 2. The summed E-state index contributed by atoms with van der Waals surface area (Å²) in [4.78, 5) is 13.7. The van der Waals surface area contributed by atoms with Crippen LogP contribution in [0.1, 0.15) is 10.5 Å². The number of fused-ring (bicyclic) bond motifs is 1. The van der Waals surface area contributed by atoms with Crippen molar-refractivity contribution in [3.8, 4) is 0 Å². The summed E-state index contributed by atoms with van der Waals surface area (Å²) in [5.74, 6) is -0.425. The molecule has 0 saturated carbocycles. The van der Waals surface area contributed by atoms with Crippen LogP contribution >= 0.6 is 0 Å². The van der Waals surface area contributed by atoms with Gasteiger partial charge < -0.3 is 16.0 Å². The van der Waals surface area contributed by atoms with Gasteiger partial charge in [0.15, 0.2) is 0 Å². The second-order valence-corrected chi connectivity index (χ2v) is 2.67. The molecule has 0 aromatic carbocycles. The Kier molecular flexibility index (Phi) is 1.40. The molecule has 2 rings (SSSR count). The zero-order valence-corrected chi connectivity index (χ0v) is 6.42. The fourth-order valence-electron chi connectivity index (χ4n) is 1.24. The molecule has 1 aliphatic rings. The number of aromatic nitrogens is 1. The van der Waals surface area contributed by atoms with E-state index in [9.17, 15) is 4.79 Å². The van der Waals surface area contributed by atoms with Gasteiger partial charge in [-0.1, -0.05) is 0 Å². The molecule has 4 heteroatoms. The van der Waals surface area contributed by atoms with E-state index in [-0.39, 0.29) is 0 Å². The van der Waals surface area contributed by atoms with E-state index in [0.717, 1.165) is 17.1 Å². The SMILES string of the molecule is NC(=O)c1cc2c([nH]1)=CCNC=2. The average molecular weight is 163 g/mol. The fraction of sp³-hybridized carbons (Fsp3) is 0.125. The smallest absolute Gasteiger partial charge is 0.265 e. The Hall–Kier alpha value is -1.71. The first-order chi connectivity index (χ1) is 5.77. The normalized spacial score (nSPS) is 13.7. The highest BCUT2D eigenvalue weighted by molar-refractivity contribution is 5.90. The van der Waals surface area contributed by atoms with E-state index in [1.165, 1.54) is 0 Å². The maximum Gasteiger partial charge on any atom is 0.265 e. The maximum atomic E-state index is 10.8. The third-order valence-corrected chi connectivity index (χ3v) is 1.83. The van der Waals surface area contributed by atoms with Crippen LogP contribution in [0.2, 0.25) is 0 Å². The van der Waals surface area contributed by atoms with Crippen LogP contribution in [0.3, 0.4) is 0 Å². The van der Waals surface area contributed by atoms with Gasteiger partial charge in [0, 0.05) is 23.3 Å². The van der Waals surface area contributed by atoms with Gasteiger partial charge >= 0.3 is 0 Å². The first-order valence-electron chi connectivity index (χ1n) is 3.70. The van der Waals surface area contributed by atoms with Crippen molar-refractivity contribution in [3.05, 3.63) is 22.3 Å². The molecular weight excluding hydrogens is 154 g/mol. The molecule has 4 nitrogen and oxygen atoms in total. The first-order valence-corrected chi connectivity index (χ1v) is 3.70. The van der Waals surface area contributed by atoms with Gasteiger partial charge in [0.25, 0.3) is 5.91 Å². The highest BCUT2D eigenvalue weighted by atomic mass is 16.1. The molecule has 4 N–H and O–H groups in total. The largest absolute Gasteiger partial charge is 0.387 e. The van der Waals surface area contributed by atoms with Crippen molar-refractivity contribution < 1.29 is 4.79 Å². The van der Waals surface area contributed by atoms with Crippen LogP contribution in [-0.4, -0.2) is 17.4 Å². The Morgan fingerprint density at radius 2 is 2.42 bits per heavy atom. The summed E-state index contributed by atoms with van der Waals surface area (Å²) in [6.07, 6.45) is 3.83. The second-order valence-electron chi connectivity index (χ2n) is 2.67. The van der Waals surface area contributed by atoms with Gasteiger partial charge in [-0.3, -0.25) is 4.79 Å². The molecule has 1 aromatic heterocycles. The van der Waals surface area contributed by atoms with Crippen LogP contribution in [0, 0.1) is 0 Å². The lowest BCUT2D eigenvalue weighted by Gasteiger charge is -1.96. The minimum Gasteiger partial charge on any atom is -0.387 e. The second kappa shape index (κ2) is 2.41. The summed E-state index contributed by atoms with van der Waals surface area (Å²) in [5.41, 5.74) is 5.56. The molecule has 0 spiro atoms. The van der Waals surface area contributed by atoms with Crippen molar-refractivity contribution in [2.24, 2.45) is 5.73 Å². The van der Waals surface area contributed by atoms with Crippen LogP contribution in [0.5, 0.6) is 0 Å². The van der Waals surface area contributed by atoms with Crippen LogP contribution in [0.4, 0.5) is 0 Å². The number of aromatic amines is 1. The zero-order valence-electron chi connectivity index (χ0n) is 6.42. The van der Waals surface area contributed by atoms with Crippen molar-refractivity contribution in [2.45, 2.75) is 0 Å². The van der Waals surface area contributed by atoms with Crippen molar-refractivity contribution in [1.29, 1.82) is 0 Å². The number of hydrogen-bond donors (Lipinski definition) is 3. The number of primary amides is 1. The summed E-state index contributed by atoms with van der Waals surface area (Å²) < 4.78 is 0. The number of H-pyrrole nitrogens is 1. The summed E-state index contributed by atoms with van der Waals surface area (Å²) >= 11 is 0. The minimum atomic E-state index is -0.425. The standard InChI is InChI=1S/C8H9N3O/c9-8(12)7-3-5-4-10-2-1-6(5)11-7/h1,3-4,10-11H,2H2,(H2,9,12). The van der Waals surface area contributed by atoms with Crippen LogP contribution in [0.25, 0.3) is 12.3 Å². The monoisotopic (exact) mass is 163 g/mol. The molecule has 0 bridgehead atoms. The first kappa shape index (κ1) is 6.97. The van der Waals surface area contributed by atoms with Gasteiger partial charge in [0.1, 0.15) is 5.69 Å². The Balaban J connectivity index is 2.68. The van der Waals surface area contributed by atoms with Crippen molar-refractivity contribution in [3.63, 3.8) is 0 Å². The molecule has 1 amide bonds. The Labute approximate surface area is 68.8 Å². The van der Waals surface area contributed by atoms with Crippen LogP contribution in [0.15, 0.2) is 6.07 Å². The van der Waals surface area contributed by atoms with E-state index in [1.54, 1.807) is 6.07 Å². The van der Waals surface area contributed by atoms with E-state index < -0.39 is 5.91 Å². The average Bonchev–Trinajstić information content (AvgIpc) is 2.46. The fourth-order valence-corrected chi connectivity index (χ4v) is 1.24. The highest BCUT2D eigenvalue weighted by Crippen LogP contribution is 1.84. The summed E-state index contributed by atoms with van der Waals surface area (Å²) in [5, 5.41) is 4.98. The van der Waals surface area contributed by atoms with Gasteiger partial charge in [0.05, 0.1) is 0 Å². The van der Waals surface area contributed by atoms with Crippen molar-refractivity contribution >= 4 is 18.2 Å². The van der Waals surface area contributed by atoms with Gasteiger partial charge in [-0.2, -0.15) is 0 Å². The van der Waals surface area contributed by atoms with Crippen molar-refractivity contribution in [2.75, 3.05) is 6.54 Å². The molecule has 1 aromatic rings. The Bertz CT molecular complexity index is 396. The van der Waals surface area contributed by atoms with Gasteiger partial charge in [-0.25, -0.2) is 0 Å². The number of carbonyl (C=O) groups excluding carboxylic acids is 1. The summed E-state index contributed by atoms with van der Waals surface area (Å²) in [7, 11) is 0. The van der Waals surface area contributed by atoms with Crippen LogP contribution in [-0.2, 0) is 0 Å². The third kappa shape index (κ3) is 0.972. The lowest BCUT2D eigenvalue weighted by atomic mass is 10.3. The Morgan fingerprint density at radius 1 is 1.58 bits per heavy atom. The molecule has 0 saturated heterocycles. The molecule has 2 heterocycles. The molecule has 62 valence electrons. The molecule has 0 radical (unpaired) electrons. The lowest BCUT2D eigenvalue weighted by Crippen LogP contribution is -2.31. The lowest BCUT2D eigenvalue weighted by molar-refractivity contribution is 0.0996. The predicted molar refractivity (Wildman–Crippen MR) is 45.5 cm³/mol. The molecule has 0 unspecified atom stereocenters. The molecule has 0 aliphatic carbocycles. The molecule has 12 heavy (non-hydrogen) atoms. The number of nitrogens with two attached hydrogens (primary N) is 1. The Morgan fingerprint density at radius 3 is 3.08 bits per heavy atom. The van der Waals surface area contributed by atoms with Crippen LogP contribution < -0.4 is 21.6 Å². The van der Waals surface area contributed by atoms with E-state index in [2.05, 4.69) is 10.3 Å². The summed E-state index contributed by atoms with van der Waals surface area (Å²) in [6, 6.07) is 1.74. The number of amides is 1. The van der Waals surface area contributed by atoms with Gasteiger partial charge in [-0.05, 0) is 12.1 Å². The number of rotatable bonds is 1. The topological polar surface area (TPSA) is 70.9 Å². The predicted octanol–water partition coefficient (Wildman–Crippen LogP) is -1.76. The minimum absolute atomic E-state index is 0.425. The van der Waals surface area contributed by atoms with Crippen molar-refractivity contribution in [1.82, 2.24) is 10.3 Å². The van der Waals surface area contributed by atoms with Gasteiger partial charge in [-0.15, -0.1) is 0 Å².